The number of aromatic nitrogens is 2. The van der Waals surface area contributed by atoms with Crippen LogP contribution in [0, 0.1) is 26.6 Å². The van der Waals surface area contributed by atoms with Crippen LogP contribution in [0.4, 0.5) is 10.1 Å². The molecule has 0 bridgehead atoms. The number of carbonyl (C=O) groups is 2. The molecule has 0 radical (unpaired) electrons. The molecule has 2 heterocycles. The number of rotatable bonds is 9. The van der Waals surface area contributed by atoms with Crippen LogP contribution in [0.15, 0.2) is 78.0 Å². The number of benzene rings is 3. The molecule has 1 atom stereocenters. The quantitative estimate of drug-likeness (QED) is 0.201. The lowest BCUT2D eigenvalue weighted by Crippen LogP contribution is -2.42. The van der Waals surface area contributed by atoms with Crippen molar-refractivity contribution in [2.75, 3.05) is 17.9 Å². The first-order valence-corrected chi connectivity index (χ1v) is 14.0. The third-order valence-electron chi connectivity index (χ3n) is 6.44. The summed E-state index contributed by atoms with van der Waals surface area (Å²) in [6.07, 6.45) is 0. The van der Waals surface area contributed by atoms with Gasteiger partial charge in [-0.05, 0) is 62.2 Å². The van der Waals surface area contributed by atoms with Gasteiger partial charge < -0.3 is 19.7 Å². The van der Waals surface area contributed by atoms with Gasteiger partial charge in [0.25, 0.3) is 5.91 Å². The lowest BCUT2D eigenvalue weighted by molar-refractivity contribution is -0.137. The SMILES string of the molecule is Cc1ccc(CN(C(=O)CSc2nc(C)cc(C)n2)[C@H](C(=O)Nc2ccc3c(c2)OCO3)c2cccc(F)c2)cc1. The smallest absolute Gasteiger partial charge is 0.251 e. The molecule has 4 aromatic rings. The van der Waals surface area contributed by atoms with Gasteiger partial charge >= 0.3 is 0 Å². The Kier molecular flexibility index (Phi) is 8.49. The van der Waals surface area contributed by atoms with Crippen LogP contribution >= 0.6 is 11.8 Å². The lowest BCUT2D eigenvalue weighted by Gasteiger charge is -2.31. The summed E-state index contributed by atoms with van der Waals surface area (Å²) in [5, 5.41) is 3.36. The molecule has 1 aromatic heterocycles. The fourth-order valence-electron chi connectivity index (χ4n) is 4.52. The number of nitrogens with zero attached hydrogens (tertiary/aromatic N) is 3. The number of anilines is 1. The number of aryl methyl sites for hydroxylation is 3. The van der Waals surface area contributed by atoms with Crippen LogP contribution in [0.3, 0.4) is 0 Å². The number of halogens is 1. The van der Waals surface area contributed by atoms with Crippen molar-refractivity contribution in [1.82, 2.24) is 14.9 Å². The number of carbonyl (C=O) groups excluding carboxylic acids is 2. The highest BCUT2D eigenvalue weighted by Gasteiger charge is 2.32. The number of amides is 2. The molecule has 2 amide bonds. The first-order valence-electron chi connectivity index (χ1n) is 13.0. The highest BCUT2D eigenvalue weighted by atomic mass is 32.2. The van der Waals surface area contributed by atoms with Crippen molar-refractivity contribution in [2.24, 2.45) is 0 Å². The van der Waals surface area contributed by atoms with Crippen molar-refractivity contribution in [3.05, 3.63) is 107 Å². The topological polar surface area (TPSA) is 93.7 Å². The fourth-order valence-corrected chi connectivity index (χ4v) is 5.35. The van der Waals surface area contributed by atoms with Crippen LogP contribution < -0.4 is 14.8 Å². The predicted molar refractivity (Wildman–Crippen MR) is 154 cm³/mol. The summed E-state index contributed by atoms with van der Waals surface area (Å²) in [5.74, 6) is -0.271. The summed E-state index contributed by atoms with van der Waals surface area (Å²) >= 11 is 1.19. The van der Waals surface area contributed by atoms with Crippen LogP contribution in [0.2, 0.25) is 0 Å². The second-order valence-corrected chi connectivity index (χ2v) is 10.7. The van der Waals surface area contributed by atoms with Gasteiger partial charge in [0.2, 0.25) is 12.7 Å². The zero-order chi connectivity index (χ0) is 28.9. The maximum absolute atomic E-state index is 14.5. The normalized spacial score (nSPS) is 12.6. The first kappa shape index (κ1) is 28.1. The summed E-state index contributed by atoms with van der Waals surface area (Å²) in [4.78, 5) is 38.2. The van der Waals surface area contributed by atoms with Crippen molar-refractivity contribution in [3.63, 3.8) is 0 Å². The molecule has 3 aromatic carbocycles. The van der Waals surface area contributed by atoms with E-state index in [2.05, 4.69) is 15.3 Å². The number of nitrogens with one attached hydrogen (secondary N) is 1. The largest absolute Gasteiger partial charge is 0.454 e. The average molecular weight is 573 g/mol. The summed E-state index contributed by atoms with van der Waals surface area (Å²) in [7, 11) is 0. The number of ether oxygens (including phenoxy) is 2. The third-order valence-corrected chi connectivity index (χ3v) is 7.28. The van der Waals surface area contributed by atoms with Gasteiger partial charge in [-0.3, -0.25) is 9.59 Å². The van der Waals surface area contributed by atoms with Crippen LogP contribution in [0.5, 0.6) is 11.5 Å². The molecule has 1 aliphatic rings. The molecular formula is C31H29FN4O4S. The highest BCUT2D eigenvalue weighted by Crippen LogP contribution is 2.35. The number of thioether (sulfide) groups is 1. The third kappa shape index (κ3) is 7.01. The Labute approximate surface area is 241 Å². The molecule has 210 valence electrons. The minimum Gasteiger partial charge on any atom is -0.454 e. The van der Waals surface area contributed by atoms with E-state index in [1.54, 1.807) is 24.3 Å². The van der Waals surface area contributed by atoms with E-state index in [1.165, 1.54) is 34.9 Å². The summed E-state index contributed by atoms with van der Waals surface area (Å²) in [5.41, 5.74) is 4.29. The van der Waals surface area contributed by atoms with Gasteiger partial charge in [0.15, 0.2) is 16.7 Å². The van der Waals surface area contributed by atoms with Crippen molar-refractivity contribution in [1.29, 1.82) is 0 Å². The molecule has 0 spiro atoms. The molecule has 0 fully saturated rings. The zero-order valence-electron chi connectivity index (χ0n) is 22.9. The Morgan fingerprint density at radius 3 is 2.41 bits per heavy atom. The molecule has 0 saturated heterocycles. The lowest BCUT2D eigenvalue weighted by atomic mass is 10.0. The Morgan fingerprint density at radius 1 is 0.951 bits per heavy atom. The first-order chi connectivity index (χ1) is 19.7. The molecule has 0 saturated carbocycles. The van der Waals surface area contributed by atoms with Crippen molar-refractivity contribution < 1.29 is 23.5 Å². The molecule has 1 N–H and O–H groups in total. The number of hydrogen-bond acceptors (Lipinski definition) is 7. The Balaban J connectivity index is 1.49. The number of fused-ring (bicyclic) bond motifs is 1. The Hall–Kier alpha value is -4.44. The van der Waals surface area contributed by atoms with Crippen LogP contribution in [0.1, 0.15) is 34.1 Å². The van der Waals surface area contributed by atoms with Crippen molar-refractivity contribution in [3.8, 4) is 11.5 Å². The van der Waals surface area contributed by atoms with E-state index in [1.807, 2.05) is 51.1 Å². The van der Waals surface area contributed by atoms with Crippen LogP contribution in [0.25, 0.3) is 0 Å². The monoisotopic (exact) mass is 572 g/mol. The van der Waals surface area contributed by atoms with Gasteiger partial charge in [-0.25, -0.2) is 14.4 Å². The van der Waals surface area contributed by atoms with E-state index in [4.69, 9.17) is 9.47 Å². The Morgan fingerprint density at radius 2 is 1.68 bits per heavy atom. The van der Waals surface area contributed by atoms with Crippen LogP contribution in [-0.4, -0.2) is 39.2 Å². The van der Waals surface area contributed by atoms with E-state index >= 15 is 0 Å². The zero-order valence-corrected chi connectivity index (χ0v) is 23.7. The molecule has 5 rings (SSSR count). The summed E-state index contributed by atoms with van der Waals surface area (Å²) < 4.78 is 25.3. The van der Waals surface area contributed by atoms with Gasteiger partial charge in [-0.15, -0.1) is 0 Å². The average Bonchev–Trinajstić information content (AvgIpc) is 3.40. The van der Waals surface area contributed by atoms with Gasteiger partial charge in [0.1, 0.15) is 11.9 Å². The molecule has 41 heavy (non-hydrogen) atoms. The fraction of sp³-hybridized carbons (Fsp3) is 0.226. The predicted octanol–water partition coefficient (Wildman–Crippen LogP) is 5.77. The molecular weight excluding hydrogens is 543 g/mol. The minimum absolute atomic E-state index is 0.0160. The summed E-state index contributed by atoms with van der Waals surface area (Å²) in [6.45, 7) is 5.93. The molecule has 10 heteroatoms. The summed E-state index contributed by atoms with van der Waals surface area (Å²) in [6, 6.07) is 19.2. The highest BCUT2D eigenvalue weighted by molar-refractivity contribution is 7.99. The standard InChI is InChI=1S/C31H29FN4O4S/c1-19-7-9-22(10-8-19)16-36(28(37)17-41-31-33-20(2)13-21(3)34-31)29(23-5-4-6-24(32)14-23)30(38)35-25-11-12-26-27(15-25)40-18-39-26/h4-15,29H,16-18H2,1-3H3,(H,35,38)/t29-/m0/s1. The van der Waals surface area contributed by atoms with E-state index in [9.17, 15) is 14.0 Å². The van der Waals surface area contributed by atoms with Gasteiger partial charge in [-0.1, -0.05) is 53.7 Å². The second-order valence-electron chi connectivity index (χ2n) is 9.74. The minimum atomic E-state index is -1.13. The molecule has 0 unspecified atom stereocenters. The van der Waals surface area contributed by atoms with E-state index in [0.29, 0.717) is 27.9 Å². The molecule has 8 nitrogen and oxygen atoms in total. The van der Waals surface area contributed by atoms with Crippen molar-refractivity contribution >= 4 is 29.3 Å². The van der Waals surface area contributed by atoms with Crippen molar-refractivity contribution in [2.45, 2.75) is 38.5 Å². The van der Waals surface area contributed by atoms with Gasteiger partial charge in [-0.2, -0.15) is 0 Å². The number of hydrogen-bond donors (Lipinski definition) is 1. The van der Waals surface area contributed by atoms with Gasteiger partial charge in [0.05, 0.1) is 5.75 Å². The second kappa shape index (κ2) is 12.4. The van der Waals surface area contributed by atoms with E-state index in [0.717, 1.165) is 22.5 Å². The van der Waals surface area contributed by atoms with Gasteiger partial charge in [0, 0.05) is 29.7 Å². The maximum atomic E-state index is 14.5. The molecule has 1 aliphatic heterocycles. The van der Waals surface area contributed by atoms with E-state index in [-0.39, 0.29) is 25.0 Å². The molecule has 0 aliphatic carbocycles. The Bertz CT molecular complexity index is 1560. The van der Waals surface area contributed by atoms with E-state index < -0.39 is 17.8 Å². The van der Waals surface area contributed by atoms with Crippen LogP contribution in [-0.2, 0) is 16.1 Å². The maximum Gasteiger partial charge on any atom is 0.251 e.